The number of rotatable bonds is 7. The second-order valence-corrected chi connectivity index (χ2v) is 13.4. The molecule has 61 heavy (non-hydrogen) atoms. The van der Waals surface area contributed by atoms with Crippen molar-refractivity contribution in [3.8, 4) is 11.5 Å². The van der Waals surface area contributed by atoms with E-state index in [2.05, 4.69) is 45.6 Å². The number of benzene rings is 2. The highest BCUT2D eigenvalue weighted by Crippen LogP contribution is 2.30. The summed E-state index contributed by atoms with van der Waals surface area (Å²) in [4.78, 5) is 67.1. The summed E-state index contributed by atoms with van der Waals surface area (Å²) in [6, 6.07) is 24.8. The number of pyridine rings is 2. The summed E-state index contributed by atoms with van der Waals surface area (Å²) in [6.07, 6.45) is 3.34. The van der Waals surface area contributed by atoms with E-state index in [1.807, 2.05) is 60.7 Å². The van der Waals surface area contributed by atoms with Crippen LogP contribution in [0.25, 0.3) is 0 Å². The fourth-order valence-electron chi connectivity index (χ4n) is 5.95. The number of aromatic nitrogens is 8. The van der Waals surface area contributed by atoms with Gasteiger partial charge in [0.15, 0.2) is 23.1 Å². The van der Waals surface area contributed by atoms with Crippen LogP contribution in [-0.2, 0) is 22.4 Å². The molecule has 6 heterocycles. The Morgan fingerprint density at radius 2 is 1.18 bits per heavy atom. The van der Waals surface area contributed by atoms with E-state index in [0.717, 1.165) is 11.1 Å². The number of hydrogen-bond acceptors (Lipinski definition) is 13. The molecule has 19 nitrogen and oxygen atoms in total. The molecule has 0 bridgehead atoms. The van der Waals surface area contributed by atoms with Crippen molar-refractivity contribution in [2.24, 2.45) is 5.73 Å². The third-order valence-electron chi connectivity index (χ3n) is 9.12. The quantitative estimate of drug-likeness (QED) is 0.154. The van der Waals surface area contributed by atoms with Crippen molar-refractivity contribution in [3.05, 3.63) is 132 Å². The average molecular weight is 855 g/mol. The van der Waals surface area contributed by atoms with Crippen molar-refractivity contribution in [1.29, 1.82) is 0 Å². The smallest absolute Gasteiger partial charge is 0.375 e. The maximum atomic E-state index is 12.9. The minimum Gasteiger partial charge on any atom is -0.485 e. The van der Waals surface area contributed by atoms with E-state index in [-0.39, 0.29) is 49.4 Å². The van der Waals surface area contributed by atoms with Crippen molar-refractivity contribution in [2.75, 3.05) is 23.9 Å². The normalized spacial score (nSPS) is 17.6. The number of carbonyl (C=O) groups is 4. The molecule has 0 saturated heterocycles. The Balaban J connectivity index is 0.000000217. The fraction of sp³-hybridized carbons (Fsp3) is 0.268. The SMILES string of the molecule is C.C[C@@H]1Oc2cccnc2N(C)C(=O)[C@H]1N.C[C@@H]1Oc2cccnc2N(C)C(=O)[C@H]1NC(=O)c1n[nH]c(Cc2ccccc2)n1.Cl.O=C(O)c1n[nH]c(Cc2ccccc2)n1. The highest BCUT2D eigenvalue weighted by Gasteiger charge is 2.37. The first-order valence-corrected chi connectivity index (χ1v) is 18.4. The summed E-state index contributed by atoms with van der Waals surface area (Å²) in [5, 5.41) is 24.2. The number of carboxylic acids is 1. The van der Waals surface area contributed by atoms with E-state index in [0.29, 0.717) is 47.6 Å². The van der Waals surface area contributed by atoms with Crippen molar-refractivity contribution in [1.82, 2.24) is 45.6 Å². The molecule has 6 aromatic rings. The number of ether oxygens (including phenoxy) is 2. The molecule has 320 valence electrons. The number of aromatic amines is 2. The van der Waals surface area contributed by atoms with Gasteiger partial charge < -0.3 is 25.6 Å². The van der Waals surface area contributed by atoms with Crippen LogP contribution in [0.1, 0.15) is 65.3 Å². The van der Waals surface area contributed by atoms with Crippen LogP contribution in [0.15, 0.2) is 97.3 Å². The van der Waals surface area contributed by atoms with Crippen molar-refractivity contribution >= 4 is 47.7 Å². The Bertz CT molecular complexity index is 2400. The Morgan fingerprint density at radius 1 is 0.721 bits per heavy atom. The fourth-order valence-corrected chi connectivity index (χ4v) is 5.95. The third-order valence-corrected chi connectivity index (χ3v) is 9.12. The van der Waals surface area contributed by atoms with Crippen LogP contribution < -0.4 is 30.3 Å². The molecule has 3 amide bonds. The molecule has 4 atom stereocenters. The zero-order valence-electron chi connectivity index (χ0n) is 32.9. The van der Waals surface area contributed by atoms with E-state index in [9.17, 15) is 19.2 Å². The largest absolute Gasteiger partial charge is 0.485 e. The van der Waals surface area contributed by atoms with Gasteiger partial charge in [0.25, 0.3) is 17.6 Å². The Labute approximate surface area is 357 Å². The van der Waals surface area contributed by atoms with Crippen molar-refractivity contribution in [3.63, 3.8) is 0 Å². The van der Waals surface area contributed by atoms with Gasteiger partial charge in [0.2, 0.25) is 11.7 Å². The second-order valence-electron chi connectivity index (χ2n) is 13.4. The number of aromatic carboxylic acids is 1. The van der Waals surface area contributed by atoms with Crippen molar-refractivity contribution in [2.45, 2.75) is 58.4 Å². The predicted octanol–water partition coefficient (Wildman–Crippen LogP) is 3.64. The molecular weight excluding hydrogens is 808 g/mol. The summed E-state index contributed by atoms with van der Waals surface area (Å²) < 4.78 is 11.4. The summed E-state index contributed by atoms with van der Waals surface area (Å²) in [5.41, 5.74) is 7.85. The van der Waals surface area contributed by atoms with Crippen LogP contribution in [0.5, 0.6) is 11.5 Å². The van der Waals surface area contributed by atoms with Crippen LogP contribution in [0.4, 0.5) is 11.6 Å². The maximum absolute atomic E-state index is 12.9. The van der Waals surface area contributed by atoms with Gasteiger partial charge in [-0.3, -0.25) is 34.4 Å². The third kappa shape index (κ3) is 11.5. The van der Waals surface area contributed by atoms with E-state index in [1.54, 1.807) is 64.6 Å². The number of likely N-dealkylation sites (N-methyl/N-ethyl adjacent to an activating group) is 2. The van der Waals surface area contributed by atoms with Crippen LogP contribution in [0.3, 0.4) is 0 Å². The molecule has 6 N–H and O–H groups in total. The van der Waals surface area contributed by atoms with Gasteiger partial charge in [-0.2, -0.15) is 0 Å². The number of fused-ring (bicyclic) bond motifs is 2. The van der Waals surface area contributed by atoms with E-state index >= 15 is 0 Å². The molecule has 8 rings (SSSR count). The zero-order valence-corrected chi connectivity index (χ0v) is 33.7. The summed E-state index contributed by atoms with van der Waals surface area (Å²) >= 11 is 0. The molecule has 4 aromatic heterocycles. The molecule has 0 spiro atoms. The first-order chi connectivity index (χ1) is 28.4. The van der Waals surface area contributed by atoms with Crippen LogP contribution in [0, 0.1) is 0 Å². The number of anilines is 2. The van der Waals surface area contributed by atoms with Gasteiger partial charge in [-0.15, -0.1) is 22.6 Å². The molecule has 0 aliphatic carbocycles. The predicted molar refractivity (Wildman–Crippen MR) is 227 cm³/mol. The van der Waals surface area contributed by atoms with E-state index in [4.69, 9.17) is 20.3 Å². The Morgan fingerprint density at radius 3 is 1.67 bits per heavy atom. The van der Waals surface area contributed by atoms with E-state index in [1.165, 1.54) is 9.80 Å². The number of halogens is 1. The maximum Gasteiger partial charge on any atom is 0.375 e. The number of nitrogens with zero attached hydrogens (tertiary/aromatic N) is 8. The lowest BCUT2D eigenvalue weighted by molar-refractivity contribution is -0.122. The average Bonchev–Trinajstić information content (AvgIpc) is 3.90. The van der Waals surface area contributed by atoms with Gasteiger partial charge in [0.05, 0.1) is 0 Å². The van der Waals surface area contributed by atoms with Crippen LogP contribution in [0.2, 0.25) is 0 Å². The number of carboxylic acid groups (broad SMARTS) is 1. The molecule has 0 saturated carbocycles. The van der Waals surface area contributed by atoms with Gasteiger partial charge in [0.1, 0.15) is 35.9 Å². The zero-order chi connectivity index (χ0) is 42.1. The molecule has 0 unspecified atom stereocenters. The lowest BCUT2D eigenvalue weighted by Crippen LogP contribution is -2.53. The Hall–Kier alpha value is -7.25. The van der Waals surface area contributed by atoms with Gasteiger partial charge in [-0.1, -0.05) is 68.1 Å². The lowest BCUT2D eigenvalue weighted by Gasteiger charge is -2.22. The minimum absolute atomic E-state index is 0. The highest BCUT2D eigenvalue weighted by atomic mass is 35.5. The van der Waals surface area contributed by atoms with Gasteiger partial charge in [0, 0.05) is 39.3 Å². The van der Waals surface area contributed by atoms with Gasteiger partial charge >= 0.3 is 5.97 Å². The second kappa shape index (κ2) is 21.1. The monoisotopic (exact) mass is 854 g/mol. The first kappa shape index (κ1) is 46.4. The van der Waals surface area contributed by atoms with Gasteiger partial charge in [-0.05, 0) is 49.2 Å². The van der Waals surface area contributed by atoms with Crippen LogP contribution in [-0.4, -0.2) is 108 Å². The summed E-state index contributed by atoms with van der Waals surface area (Å²) in [5.74, 6) is 0.705. The van der Waals surface area contributed by atoms with Gasteiger partial charge in [-0.25, -0.2) is 24.7 Å². The Kier molecular flexibility index (Phi) is 16.1. The number of hydrogen-bond donors (Lipinski definition) is 5. The molecule has 0 fully saturated rings. The number of nitrogens with two attached hydrogens (primary N) is 1. The first-order valence-electron chi connectivity index (χ1n) is 18.4. The molecule has 2 aliphatic heterocycles. The molecule has 2 aliphatic rings. The summed E-state index contributed by atoms with van der Waals surface area (Å²) in [7, 11) is 3.24. The standard InChI is InChI=1S/C20H20N6O3.C10H13N3O2.C10H9N3O2.CH4.ClH/c1-12-16(20(28)26(2)18-14(29-12)9-6-10-21-18)23-19(27)17-22-15(24-25-17)11-13-7-4-3-5-8-13;1-6-8(11)10(14)13(2)9-7(15-6)4-3-5-12-9;14-10(15)9-11-8(12-13-9)6-7-4-2-1-3-5-7;;/h3-10,12,16H,11H2,1-2H3,(H,23,27)(H,22,24,25);3-6,8H,11H2,1-2H3;1-5H,6H2,(H,14,15)(H,11,12,13);1H4;1H/t12-,16-;6-,8-;;;/m00.../s1. The highest BCUT2D eigenvalue weighted by molar-refractivity contribution is 6.02. The van der Waals surface area contributed by atoms with Crippen LogP contribution >= 0.6 is 12.4 Å². The molecule has 0 radical (unpaired) electrons. The summed E-state index contributed by atoms with van der Waals surface area (Å²) in [6.45, 7) is 3.50. The molecular formula is C41H47ClN12O7. The molecule has 20 heteroatoms. The van der Waals surface area contributed by atoms with Crippen molar-refractivity contribution < 1.29 is 33.8 Å². The minimum atomic E-state index is -1.12. The van der Waals surface area contributed by atoms with E-state index < -0.39 is 30.1 Å². The number of nitrogens with one attached hydrogen (secondary N) is 3. The number of H-pyrrole nitrogens is 2. The lowest BCUT2D eigenvalue weighted by atomic mass is 10.1. The number of amides is 3. The number of carbonyl (C=O) groups excluding carboxylic acids is 3. The molecule has 2 aromatic carbocycles. The topological polar surface area (TPSA) is 260 Å².